The largest absolute Gasteiger partial charge is 0.346 e. The Labute approximate surface area is 84.1 Å². The number of carbonyl (C=O) groups is 2. The van der Waals surface area contributed by atoms with Gasteiger partial charge in [0.2, 0.25) is 5.91 Å². The molecule has 2 atom stereocenters. The van der Waals surface area contributed by atoms with Crippen molar-refractivity contribution in [1.29, 1.82) is 0 Å². The first-order valence-electron chi connectivity index (χ1n) is 4.51. The van der Waals surface area contributed by atoms with Crippen LogP contribution in [0.2, 0.25) is 1.41 Å². The monoisotopic (exact) mass is 205 g/mol. The van der Waals surface area contributed by atoms with Crippen molar-refractivity contribution in [3.63, 3.8) is 0 Å². The normalized spacial score (nSPS) is 15.8. The van der Waals surface area contributed by atoms with Crippen molar-refractivity contribution < 1.29 is 11.0 Å². The predicted octanol–water partition coefficient (Wildman–Crippen LogP) is -0.230. The molecule has 0 heterocycles. The molecule has 5 heteroatoms. The summed E-state index contributed by atoms with van der Waals surface area (Å²) in [5.74, 6) is 0.273. The summed E-state index contributed by atoms with van der Waals surface area (Å²) in [6, 6.07) is -1.41. The summed E-state index contributed by atoms with van der Waals surface area (Å²) in [6.45, 7) is 1.49. The standard InChI is InChI=1S/C8H16N2O2S/c1-6(5-11)10-8(12)7(9)3-4-13-2/h5-7H,3-4,9H2,1-2H3,(H,10,12)/t6-,7-/m0/s1/i/hD. The third-order valence-corrected chi connectivity index (χ3v) is 2.12. The molecule has 0 rings (SSSR count). The molecule has 0 fully saturated rings. The minimum Gasteiger partial charge on any atom is -0.346 e. The van der Waals surface area contributed by atoms with Crippen molar-refractivity contribution in [2.24, 2.45) is 5.73 Å². The van der Waals surface area contributed by atoms with Gasteiger partial charge in [-0.05, 0) is 25.4 Å². The van der Waals surface area contributed by atoms with Gasteiger partial charge in [0.1, 0.15) is 6.29 Å². The van der Waals surface area contributed by atoms with E-state index < -0.39 is 18.0 Å². The molecule has 0 aliphatic carbocycles. The van der Waals surface area contributed by atoms with Gasteiger partial charge in [-0.25, -0.2) is 0 Å². The molecular weight excluding hydrogens is 188 g/mol. The highest BCUT2D eigenvalue weighted by molar-refractivity contribution is 7.98. The molecule has 0 saturated heterocycles. The second kappa shape index (κ2) is 6.91. The fourth-order valence-corrected chi connectivity index (χ4v) is 1.18. The Balaban J connectivity index is 4.09. The topological polar surface area (TPSA) is 72.2 Å². The van der Waals surface area contributed by atoms with Crippen molar-refractivity contribution in [2.75, 3.05) is 12.0 Å². The van der Waals surface area contributed by atoms with E-state index in [0.717, 1.165) is 5.75 Å². The van der Waals surface area contributed by atoms with Gasteiger partial charge in [0.15, 0.2) is 1.41 Å². The minimum atomic E-state index is -0.733. The van der Waals surface area contributed by atoms with Crippen LogP contribution in [0.25, 0.3) is 0 Å². The minimum absolute atomic E-state index is 0.501. The van der Waals surface area contributed by atoms with Gasteiger partial charge < -0.3 is 15.8 Å². The molecular formula is C8H16N2O2S. The first-order chi connectivity index (χ1) is 6.54. The van der Waals surface area contributed by atoms with Crippen molar-refractivity contribution in [3.8, 4) is 0 Å². The second-order valence-electron chi connectivity index (χ2n) is 2.73. The van der Waals surface area contributed by atoms with Crippen LogP contribution in [-0.2, 0) is 9.59 Å². The van der Waals surface area contributed by atoms with Crippen LogP contribution in [0.5, 0.6) is 0 Å². The molecule has 0 aliphatic heterocycles. The van der Waals surface area contributed by atoms with Crippen LogP contribution in [-0.4, -0.2) is 36.3 Å². The summed E-state index contributed by atoms with van der Waals surface area (Å²) in [7, 11) is 0. The maximum atomic E-state index is 11.4. The number of nitrogens with two attached hydrogens (primary N) is 1. The number of hydrogen-bond donors (Lipinski definition) is 2. The highest BCUT2D eigenvalue weighted by atomic mass is 32.2. The van der Waals surface area contributed by atoms with Crippen LogP contribution in [0.1, 0.15) is 13.3 Å². The average molecular weight is 205 g/mol. The van der Waals surface area contributed by atoms with Crippen LogP contribution in [0.3, 0.4) is 0 Å². The third kappa shape index (κ3) is 5.65. The zero-order valence-corrected chi connectivity index (χ0v) is 8.71. The van der Waals surface area contributed by atoms with E-state index in [0.29, 0.717) is 18.0 Å². The third-order valence-electron chi connectivity index (χ3n) is 1.48. The summed E-state index contributed by atoms with van der Waals surface area (Å²) in [5, 5.41) is 0.637. The number of nitrogens with one attached hydrogen (secondary N) is 1. The summed E-state index contributed by atoms with van der Waals surface area (Å²) >= 11 is 1.59. The summed E-state index contributed by atoms with van der Waals surface area (Å²) in [6.07, 6.45) is 3.00. The Hall–Kier alpha value is -0.550. The van der Waals surface area contributed by atoms with E-state index in [1.165, 1.54) is 6.92 Å². The van der Waals surface area contributed by atoms with Gasteiger partial charge in [-0.1, -0.05) is 0 Å². The van der Waals surface area contributed by atoms with Gasteiger partial charge in [0, 0.05) is 0 Å². The van der Waals surface area contributed by atoms with Gasteiger partial charge in [0.25, 0.3) is 0 Å². The molecule has 13 heavy (non-hydrogen) atoms. The van der Waals surface area contributed by atoms with Crippen molar-refractivity contribution >= 4 is 24.0 Å². The zero-order valence-electron chi connectivity index (χ0n) is 8.90. The Bertz CT molecular complexity index is 204. The molecule has 0 saturated carbocycles. The van der Waals surface area contributed by atoms with Crippen LogP contribution in [0.4, 0.5) is 0 Å². The predicted molar refractivity (Wildman–Crippen MR) is 54.6 cm³/mol. The van der Waals surface area contributed by atoms with Gasteiger partial charge in [-0.15, -0.1) is 0 Å². The van der Waals surface area contributed by atoms with Gasteiger partial charge in [-0.2, -0.15) is 11.8 Å². The van der Waals surface area contributed by atoms with Crippen molar-refractivity contribution in [3.05, 3.63) is 0 Å². The second-order valence-corrected chi connectivity index (χ2v) is 3.72. The van der Waals surface area contributed by atoms with Crippen LogP contribution >= 0.6 is 11.8 Å². The Morgan fingerprint density at radius 2 is 2.46 bits per heavy atom. The molecule has 0 unspecified atom stereocenters. The molecule has 1 amide bonds. The lowest BCUT2D eigenvalue weighted by atomic mass is 10.2. The number of thioether (sulfide) groups is 1. The molecule has 4 nitrogen and oxygen atoms in total. The molecule has 3 N–H and O–H groups in total. The fourth-order valence-electron chi connectivity index (χ4n) is 0.695. The zero-order chi connectivity index (χ0) is 11.1. The average Bonchev–Trinajstić information content (AvgIpc) is 2.22. The SMILES string of the molecule is [2H]N(C(=O)[C@@H](N)CCSC)[C@@H](C)C=O. The molecule has 76 valence electrons. The molecule has 0 aromatic carbocycles. The number of aldehydes is 1. The van der Waals surface area contributed by atoms with E-state index in [1.54, 1.807) is 11.8 Å². The van der Waals surface area contributed by atoms with E-state index in [4.69, 9.17) is 7.15 Å². The highest BCUT2D eigenvalue weighted by Gasteiger charge is 2.14. The fraction of sp³-hybridized carbons (Fsp3) is 0.750. The van der Waals surface area contributed by atoms with Crippen LogP contribution < -0.4 is 11.0 Å². The van der Waals surface area contributed by atoms with E-state index in [2.05, 4.69) is 0 Å². The number of hydrogen-bond acceptors (Lipinski definition) is 4. The van der Waals surface area contributed by atoms with Gasteiger partial charge in [-0.3, -0.25) is 4.79 Å². The first kappa shape index (κ1) is 10.5. The van der Waals surface area contributed by atoms with E-state index in [1.807, 2.05) is 6.26 Å². The van der Waals surface area contributed by atoms with Crippen LogP contribution in [0.15, 0.2) is 0 Å². The maximum Gasteiger partial charge on any atom is 0.237 e. The number of rotatable bonds is 6. The lowest BCUT2D eigenvalue weighted by Gasteiger charge is -2.12. The van der Waals surface area contributed by atoms with E-state index in [-0.39, 0.29) is 0 Å². The molecule has 0 bridgehead atoms. The lowest BCUT2D eigenvalue weighted by Crippen LogP contribution is -2.45. The van der Waals surface area contributed by atoms with E-state index >= 15 is 0 Å². The van der Waals surface area contributed by atoms with Crippen molar-refractivity contribution in [1.82, 2.24) is 5.31 Å². The molecule has 0 aliphatic rings. The Kier molecular flexibility index (Phi) is 5.60. The summed E-state index contributed by atoms with van der Waals surface area (Å²) in [5.41, 5.74) is 5.56. The molecule has 0 aromatic rings. The van der Waals surface area contributed by atoms with Crippen LogP contribution in [0, 0.1) is 0 Å². The summed E-state index contributed by atoms with van der Waals surface area (Å²) < 4.78 is 7.32. The Morgan fingerprint density at radius 1 is 1.85 bits per heavy atom. The van der Waals surface area contributed by atoms with Gasteiger partial charge in [0.05, 0.1) is 12.1 Å². The highest BCUT2D eigenvalue weighted by Crippen LogP contribution is 1.98. The van der Waals surface area contributed by atoms with E-state index in [9.17, 15) is 9.59 Å². The van der Waals surface area contributed by atoms with Crippen molar-refractivity contribution in [2.45, 2.75) is 25.4 Å². The number of carbonyl (C=O) groups excluding carboxylic acids is 2. The smallest absolute Gasteiger partial charge is 0.237 e. The lowest BCUT2D eigenvalue weighted by molar-refractivity contribution is -0.124. The Morgan fingerprint density at radius 3 is 2.92 bits per heavy atom. The molecule has 0 spiro atoms. The maximum absolute atomic E-state index is 11.4. The molecule has 0 radical (unpaired) electrons. The number of amides is 1. The molecule has 0 aromatic heterocycles. The first-order valence-corrected chi connectivity index (χ1v) is 5.45. The quantitative estimate of drug-likeness (QED) is 0.588. The van der Waals surface area contributed by atoms with Gasteiger partial charge >= 0.3 is 0 Å². The summed E-state index contributed by atoms with van der Waals surface area (Å²) in [4.78, 5) is 21.7.